The molecule has 28 heavy (non-hydrogen) atoms. The van der Waals surface area contributed by atoms with Crippen molar-refractivity contribution in [3.05, 3.63) is 59.0 Å². The van der Waals surface area contributed by atoms with Gasteiger partial charge in [-0.1, -0.05) is 12.1 Å². The van der Waals surface area contributed by atoms with Crippen LogP contribution < -0.4 is 14.9 Å². The van der Waals surface area contributed by atoms with Crippen molar-refractivity contribution < 1.29 is 23.4 Å². The lowest BCUT2D eigenvalue weighted by Crippen LogP contribution is -2.42. The van der Waals surface area contributed by atoms with E-state index in [2.05, 4.69) is 0 Å². The summed E-state index contributed by atoms with van der Waals surface area (Å²) in [5.74, 6) is 1.03. The van der Waals surface area contributed by atoms with Gasteiger partial charge in [0.15, 0.2) is 5.43 Å². The lowest BCUT2D eigenvalue weighted by atomic mass is 10.1. The van der Waals surface area contributed by atoms with Gasteiger partial charge in [0.05, 0.1) is 31.3 Å². The lowest BCUT2D eigenvalue weighted by Gasteiger charge is -2.25. The monoisotopic (exact) mass is 381 g/mol. The van der Waals surface area contributed by atoms with Gasteiger partial charge in [0.25, 0.3) is 0 Å². The Labute approximate surface area is 161 Å². The number of methoxy groups -OCH3 is 1. The van der Waals surface area contributed by atoms with E-state index >= 15 is 0 Å². The number of morpholine rings is 1. The molecule has 0 N–H and O–H groups in total. The van der Waals surface area contributed by atoms with Crippen LogP contribution in [-0.4, -0.2) is 44.4 Å². The molecule has 1 saturated heterocycles. The molecule has 1 fully saturated rings. The molecule has 144 valence electrons. The van der Waals surface area contributed by atoms with Crippen molar-refractivity contribution in [1.82, 2.24) is 4.90 Å². The first-order chi connectivity index (χ1) is 13.7. The highest BCUT2D eigenvalue weighted by Crippen LogP contribution is 2.24. The smallest absolute Gasteiger partial charge is 0.415 e. The Balaban J connectivity index is 1.56. The number of fused-ring (bicyclic) bond motifs is 1. The maximum Gasteiger partial charge on any atom is 0.415 e. The molecular formula is C21H19NO6. The largest absolute Gasteiger partial charge is 0.497 e. The van der Waals surface area contributed by atoms with Gasteiger partial charge in [0, 0.05) is 19.2 Å². The molecule has 0 atom stereocenters. The topological polar surface area (TPSA) is 78.2 Å². The fourth-order valence-corrected chi connectivity index (χ4v) is 3.05. The second kappa shape index (κ2) is 7.74. The van der Waals surface area contributed by atoms with Gasteiger partial charge in [0.1, 0.15) is 23.3 Å². The average Bonchev–Trinajstić information content (AvgIpc) is 2.75. The molecule has 0 aliphatic carbocycles. The SMILES string of the molecule is COc1ccc2c(=O)c(-c3ccc(OC(=O)N4CCOCC4)cc3)coc2c1. The van der Waals surface area contributed by atoms with Crippen LogP contribution in [0.2, 0.25) is 0 Å². The van der Waals surface area contributed by atoms with Crippen LogP contribution in [0.4, 0.5) is 4.79 Å². The summed E-state index contributed by atoms with van der Waals surface area (Å²) < 4.78 is 21.4. The first-order valence-electron chi connectivity index (χ1n) is 8.90. The molecular weight excluding hydrogens is 362 g/mol. The second-order valence-electron chi connectivity index (χ2n) is 6.33. The van der Waals surface area contributed by atoms with Crippen molar-refractivity contribution in [1.29, 1.82) is 0 Å². The molecule has 4 rings (SSSR count). The molecule has 7 nitrogen and oxygen atoms in total. The Morgan fingerprint density at radius 2 is 1.75 bits per heavy atom. The molecule has 1 aliphatic heterocycles. The predicted octanol–water partition coefficient (Wildman–Crippen LogP) is 3.30. The highest BCUT2D eigenvalue weighted by atomic mass is 16.6. The van der Waals surface area contributed by atoms with Gasteiger partial charge >= 0.3 is 6.09 Å². The summed E-state index contributed by atoms with van der Waals surface area (Å²) in [7, 11) is 1.56. The minimum Gasteiger partial charge on any atom is -0.497 e. The van der Waals surface area contributed by atoms with Gasteiger partial charge in [-0.2, -0.15) is 0 Å². The number of carbonyl (C=O) groups is 1. The first-order valence-corrected chi connectivity index (χ1v) is 8.90. The van der Waals surface area contributed by atoms with E-state index in [4.69, 9.17) is 18.6 Å². The molecule has 7 heteroatoms. The van der Waals surface area contributed by atoms with Crippen LogP contribution in [0.3, 0.4) is 0 Å². The van der Waals surface area contributed by atoms with Gasteiger partial charge in [-0.3, -0.25) is 4.79 Å². The van der Waals surface area contributed by atoms with Crippen LogP contribution in [0, 0.1) is 0 Å². The van der Waals surface area contributed by atoms with E-state index in [0.29, 0.717) is 59.9 Å². The molecule has 0 bridgehead atoms. The predicted molar refractivity (Wildman–Crippen MR) is 103 cm³/mol. The molecule has 1 amide bonds. The number of hydrogen-bond donors (Lipinski definition) is 0. The van der Waals surface area contributed by atoms with Gasteiger partial charge < -0.3 is 23.5 Å². The van der Waals surface area contributed by atoms with E-state index in [1.165, 1.54) is 6.26 Å². The molecule has 2 heterocycles. The number of rotatable bonds is 3. The van der Waals surface area contributed by atoms with Gasteiger partial charge in [-0.05, 0) is 29.8 Å². The third-order valence-electron chi connectivity index (χ3n) is 4.62. The van der Waals surface area contributed by atoms with Crippen molar-refractivity contribution >= 4 is 17.1 Å². The van der Waals surface area contributed by atoms with Crippen molar-refractivity contribution in [2.24, 2.45) is 0 Å². The van der Waals surface area contributed by atoms with E-state index < -0.39 is 6.09 Å². The maximum absolute atomic E-state index is 12.8. The van der Waals surface area contributed by atoms with Crippen LogP contribution >= 0.6 is 0 Å². The summed E-state index contributed by atoms with van der Waals surface area (Å²) >= 11 is 0. The van der Waals surface area contributed by atoms with E-state index in [-0.39, 0.29) is 5.43 Å². The van der Waals surface area contributed by atoms with E-state index in [1.54, 1.807) is 54.5 Å². The molecule has 3 aromatic rings. The zero-order valence-corrected chi connectivity index (χ0v) is 15.3. The minimum atomic E-state index is -0.407. The highest BCUT2D eigenvalue weighted by Gasteiger charge is 2.19. The summed E-state index contributed by atoms with van der Waals surface area (Å²) in [4.78, 5) is 26.5. The van der Waals surface area contributed by atoms with Crippen molar-refractivity contribution in [3.63, 3.8) is 0 Å². The van der Waals surface area contributed by atoms with Crippen molar-refractivity contribution in [3.8, 4) is 22.6 Å². The fourth-order valence-electron chi connectivity index (χ4n) is 3.05. The molecule has 0 saturated carbocycles. The Bertz CT molecular complexity index is 1050. The molecule has 0 radical (unpaired) electrons. The Morgan fingerprint density at radius 3 is 2.46 bits per heavy atom. The second-order valence-corrected chi connectivity index (χ2v) is 6.33. The third-order valence-corrected chi connectivity index (χ3v) is 4.62. The zero-order chi connectivity index (χ0) is 19.5. The molecule has 2 aromatic carbocycles. The summed E-state index contributed by atoms with van der Waals surface area (Å²) in [5.41, 5.74) is 1.44. The van der Waals surface area contributed by atoms with Crippen LogP contribution in [0.5, 0.6) is 11.5 Å². The van der Waals surface area contributed by atoms with Crippen LogP contribution in [0.15, 0.2) is 57.9 Å². The third kappa shape index (κ3) is 3.57. The van der Waals surface area contributed by atoms with E-state index in [1.807, 2.05) is 0 Å². The number of carbonyl (C=O) groups excluding carboxylic acids is 1. The molecule has 0 spiro atoms. The normalized spacial score (nSPS) is 14.1. The van der Waals surface area contributed by atoms with Crippen LogP contribution in [-0.2, 0) is 4.74 Å². The Hall–Kier alpha value is -3.32. The van der Waals surface area contributed by atoms with Gasteiger partial charge in [0.2, 0.25) is 0 Å². The van der Waals surface area contributed by atoms with Crippen molar-refractivity contribution in [2.75, 3.05) is 33.4 Å². The highest BCUT2D eigenvalue weighted by molar-refractivity contribution is 5.82. The average molecular weight is 381 g/mol. The van der Waals surface area contributed by atoms with E-state index in [0.717, 1.165) is 0 Å². The number of hydrogen-bond acceptors (Lipinski definition) is 6. The van der Waals surface area contributed by atoms with Crippen LogP contribution in [0.25, 0.3) is 22.1 Å². The molecule has 1 aromatic heterocycles. The summed E-state index contributed by atoms with van der Waals surface area (Å²) in [6.45, 7) is 2.05. The van der Waals surface area contributed by atoms with Crippen molar-refractivity contribution in [2.45, 2.75) is 0 Å². The van der Waals surface area contributed by atoms with Gasteiger partial charge in [-0.15, -0.1) is 0 Å². The van der Waals surface area contributed by atoms with Gasteiger partial charge in [-0.25, -0.2) is 4.79 Å². The summed E-state index contributed by atoms with van der Waals surface area (Å²) in [6.07, 6.45) is 1.02. The number of nitrogens with zero attached hydrogens (tertiary/aromatic N) is 1. The fraction of sp³-hybridized carbons (Fsp3) is 0.238. The summed E-state index contributed by atoms with van der Waals surface area (Å²) in [6, 6.07) is 11.8. The number of amides is 1. The molecule has 1 aliphatic rings. The number of benzene rings is 2. The standard InChI is InChI=1S/C21H19NO6/c1-25-16-6-7-17-19(12-16)27-13-18(20(17)23)14-2-4-15(5-3-14)28-21(24)22-8-10-26-11-9-22/h2-7,12-13H,8-11H2,1H3. The quantitative estimate of drug-likeness (QED) is 0.693. The van der Waals surface area contributed by atoms with E-state index in [9.17, 15) is 9.59 Å². The zero-order valence-electron chi connectivity index (χ0n) is 15.3. The molecule has 0 unspecified atom stereocenters. The lowest BCUT2D eigenvalue weighted by molar-refractivity contribution is 0.0416. The Kier molecular flexibility index (Phi) is 4.99. The minimum absolute atomic E-state index is 0.137. The number of ether oxygens (including phenoxy) is 3. The van der Waals surface area contributed by atoms with Crippen LogP contribution in [0.1, 0.15) is 0 Å². The Morgan fingerprint density at radius 1 is 1.04 bits per heavy atom. The first kappa shape index (κ1) is 18.1. The summed E-state index contributed by atoms with van der Waals surface area (Å²) in [5, 5.41) is 0.473. The maximum atomic E-state index is 12.8.